The van der Waals surface area contributed by atoms with Crippen LogP contribution in [0.25, 0.3) is 0 Å². The van der Waals surface area contributed by atoms with Gasteiger partial charge in [-0.2, -0.15) is 0 Å². The summed E-state index contributed by atoms with van der Waals surface area (Å²) in [7, 11) is 0. The van der Waals surface area contributed by atoms with E-state index < -0.39 is 6.10 Å². The molecular formula is C16H25NO2. The zero-order chi connectivity index (χ0) is 13.7. The second-order valence-corrected chi connectivity index (χ2v) is 5.63. The summed E-state index contributed by atoms with van der Waals surface area (Å²) in [5.74, 6) is 0. The topological polar surface area (TPSA) is 41.5 Å². The molecule has 0 aromatic heterocycles. The maximum atomic E-state index is 9.89. The molecule has 19 heavy (non-hydrogen) atoms. The highest BCUT2D eigenvalue weighted by Crippen LogP contribution is 2.32. The Morgan fingerprint density at radius 3 is 2.95 bits per heavy atom. The van der Waals surface area contributed by atoms with Crippen LogP contribution in [0.3, 0.4) is 0 Å². The van der Waals surface area contributed by atoms with E-state index in [-0.39, 0.29) is 6.10 Å². The highest BCUT2D eigenvalue weighted by molar-refractivity contribution is 5.31. The fourth-order valence-electron chi connectivity index (χ4n) is 2.54. The number of fused-ring (bicyclic) bond motifs is 1. The predicted molar refractivity (Wildman–Crippen MR) is 77.2 cm³/mol. The Balaban J connectivity index is 1.84. The van der Waals surface area contributed by atoms with Gasteiger partial charge < -0.3 is 15.2 Å². The summed E-state index contributed by atoms with van der Waals surface area (Å²) in [5.41, 5.74) is 2.70. The highest BCUT2D eigenvalue weighted by Gasteiger charge is 2.21. The van der Waals surface area contributed by atoms with E-state index in [1.165, 1.54) is 17.5 Å². The lowest BCUT2D eigenvalue weighted by atomic mass is 9.89. The zero-order valence-electron chi connectivity index (χ0n) is 11.9. The van der Waals surface area contributed by atoms with Crippen LogP contribution in [0.2, 0.25) is 0 Å². The molecule has 0 saturated carbocycles. The van der Waals surface area contributed by atoms with Gasteiger partial charge in [-0.25, -0.2) is 0 Å². The minimum Gasteiger partial charge on any atom is -0.389 e. The summed E-state index contributed by atoms with van der Waals surface area (Å²) in [6.45, 7) is 5.14. The molecular weight excluding hydrogens is 238 g/mol. The number of ether oxygens (including phenoxy) is 1. The van der Waals surface area contributed by atoms with Gasteiger partial charge >= 0.3 is 0 Å². The van der Waals surface area contributed by atoms with Gasteiger partial charge in [0.15, 0.2) is 0 Å². The van der Waals surface area contributed by atoms with E-state index in [4.69, 9.17) is 4.74 Å². The summed E-state index contributed by atoms with van der Waals surface area (Å²) < 4.78 is 5.91. The van der Waals surface area contributed by atoms with Crippen molar-refractivity contribution in [1.29, 1.82) is 0 Å². The molecule has 0 amide bonds. The van der Waals surface area contributed by atoms with Crippen molar-refractivity contribution in [2.75, 3.05) is 13.2 Å². The Bertz CT molecular complexity index is 392. The van der Waals surface area contributed by atoms with Crippen molar-refractivity contribution in [3.8, 4) is 0 Å². The molecule has 1 aliphatic carbocycles. The molecule has 106 valence electrons. The Hall–Kier alpha value is -0.900. The second-order valence-electron chi connectivity index (χ2n) is 5.63. The molecule has 1 aliphatic rings. The van der Waals surface area contributed by atoms with Crippen LogP contribution in [0.15, 0.2) is 24.3 Å². The molecule has 0 heterocycles. The first-order chi connectivity index (χ1) is 9.16. The van der Waals surface area contributed by atoms with Crippen LogP contribution in [0.4, 0.5) is 0 Å². The van der Waals surface area contributed by atoms with Gasteiger partial charge in [0.25, 0.3) is 0 Å². The van der Waals surface area contributed by atoms with Gasteiger partial charge in [0.05, 0.1) is 18.8 Å². The molecule has 3 heteroatoms. The first-order valence-electron chi connectivity index (χ1n) is 7.27. The van der Waals surface area contributed by atoms with E-state index in [2.05, 4.69) is 43.4 Å². The van der Waals surface area contributed by atoms with Gasteiger partial charge in [0, 0.05) is 12.6 Å². The van der Waals surface area contributed by atoms with E-state index in [1.807, 2.05) is 0 Å². The van der Waals surface area contributed by atoms with E-state index in [1.54, 1.807) is 0 Å². The maximum Gasteiger partial charge on any atom is 0.0898 e. The number of hydrogen-bond donors (Lipinski definition) is 2. The van der Waals surface area contributed by atoms with Crippen LogP contribution in [0, 0.1) is 0 Å². The summed E-state index contributed by atoms with van der Waals surface area (Å²) in [4.78, 5) is 0. The Labute approximate surface area is 116 Å². The van der Waals surface area contributed by atoms with Crippen molar-refractivity contribution in [2.24, 2.45) is 0 Å². The third kappa shape index (κ3) is 4.30. The Morgan fingerprint density at radius 2 is 2.16 bits per heavy atom. The molecule has 0 saturated heterocycles. The summed E-state index contributed by atoms with van der Waals surface area (Å²) >= 11 is 0. The van der Waals surface area contributed by atoms with E-state index in [9.17, 15) is 5.11 Å². The Kier molecular flexibility index (Phi) is 5.37. The van der Waals surface area contributed by atoms with E-state index in [0.717, 1.165) is 12.8 Å². The molecule has 2 unspecified atom stereocenters. The fraction of sp³-hybridized carbons (Fsp3) is 0.625. The molecule has 2 atom stereocenters. The third-order valence-corrected chi connectivity index (χ3v) is 3.57. The number of aryl methyl sites for hydroxylation is 1. The molecule has 0 fully saturated rings. The normalized spacial score (nSPS) is 20.3. The van der Waals surface area contributed by atoms with Gasteiger partial charge in [-0.1, -0.05) is 38.1 Å². The number of rotatable bonds is 6. The summed E-state index contributed by atoms with van der Waals surface area (Å²) in [5, 5.41) is 13.1. The van der Waals surface area contributed by atoms with E-state index >= 15 is 0 Å². The largest absolute Gasteiger partial charge is 0.389 e. The first kappa shape index (κ1) is 14.5. The number of aliphatic hydroxyl groups excluding tert-OH is 1. The second kappa shape index (κ2) is 7.04. The lowest BCUT2D eigenvalue weighted by Crippen LogP contribution is -2.35. The first-order valence-corrected chi connectivity index (χ1v) is 7.27. The van der Waals surface area contributed by atoms with Gasteiger partial charge in [-0.05, 0) is 30.4 Å². The fourth-order valence-corrected chi connectivity index (χ4v) is 2.54. The monoisotopic (exact) mass is 263 g/mol. The van der Waals surface area contributed by atoms with Gasteiger partial charge in [0.2, 0.25) is 0 Å². The zero-order valence-corrected chi connectivity index (χ0v) is 11.9. The van der Waals surface area contributed by atoms with Gasteiger partial charge in [-0.3, -0.25) is 0 Å². The minimum atomic E-state index is -0.434. The Morgan fingerprint density at radius 1 is 1.37 bits per heavy atom. The number of nitrogens with one attached hydrogen (secondary N) is 1. The molecule has 3 nitrogen and oxygen atoms in total. The summed E-state index contributed by atoms with van der Waals surface area (Å²) in [6.07, 6.45) is 3.09. The standard InChI is InChI=1S/C16H25NO2/c1-12(2)17-10-14(18)11-19-16-9-5-7-13-6-3-4-8-15(13)16/h3-4,6,8,12,14,16-18H,5,7,9-11H2,1-2H3. The number of benzene rings is 1. The molecule has 0 aliphatic heterocycles. The van der Waals surface area contributed by atoms with Crippen molar-refractivity contribution >= 4 is 0 Å². The van der Waals surface area contributed by atoms with Crippen LogP contribution >= 0.6 is 0 Å². The lowest BCUT2D eigenvalue weighted by molar-refractivity contribution is -0.0171. The van der Waals surface area contributed by atoms with Crippen molar-refractivity contribution < 1.29 is 9.84 Å². The van der Waals surface area contributed by atoms with Crippen molar-refractivity contribution in [2.45, 2.75) is 51.4 Å². The van der Waals surface area contributed by atoms with E-state index in [0.29, 0.717) is 19.2 Å². The van der Waals surface area contributed by atoms with Crippen LogP contribution in [-0.2, 0) is 11.2 Å². The smallest absolute Gasteiger partial charge is 0.0898 e. The molecule has 0 bridgehead atoms. The van der Waals surface area contributed by atoms with Gasteiger partial charge in [-0.15, -0.1) is 0 Å². The summed E-state index contributed by atoms with van der Waals surface area (Å²) in [6, 6.07) is 8.88. The van der Waals surface area contributed by atoms with Crippen LogP contribution < -0.4 is 5.32 Å². The molecule has 1 aromatic carbocycles. The van der Waals surface area contributed by atoms with Crippen molar-refractivity contribution in [1.82, 2.24) is 5.32 Å². The SMILES string of the molecule is CC(C)NCC(O)COC1CCCc2ccccc21. The third-order valence-electron chi connectivity index (χ3n) is 3.57. The molecule has 2 N–H and O–H groups in total. The number of aliphatic hydroxyl groups is 1. The molecule has 2 rings (SSSR count). The van der Waals surface area contributed by atoms with Crippen molar-refractivity contribution in [3.05, 3.63) is 35.4 Å². The molecule has 0 spiro atoms. The van der Waals surface area contributed by atoms with Crippen LogP contribution in [0.1, 0.15) is 43.9 Å². The van der Waals surface area contributed by atoms with Crippen molar-refractivity contribution in [3.63, 3.8) is 0 Å². The highest BCUT2D eigenvalue weighted by atomic mass is 16.5. The quantitative estimate of drug-likeness (QED) is 0.828. The molecule has 1 aromatic rings. The predicted octanol–water partition coefficient (Wildman–Crippen LogP) is 2.44. The lowest BCUT2D eigenvalue weighted by Gasteiger charge is -2.26. The average molecular weight is 263 g/mol. The van der Waals surface area contributed by atoms with Gasteiger partial charge in [0.1, 0.15) is 0 Å². The number of hydrogen-bond acceptors (Lipinski definition) is 3. The molecule has 0 radical (unpaired) electrons. The van der Waals surface area contributed by atoms with Crippen LogP contribution in [0.5, 0.6) is 0 Å². The maximum absolute atomic E-state index is 9.89. The minimum absolute atomic E-state index is 0.152. The average Bonchev–Trinajstić information content (AvgIpc) is 2.42. The van der Waals surface area contributed by atoms with Crippen LogP contribution in [-0.4, -0.2) is 30.4 Å².